The van der Waals surface area contributed by atoms with Gasteiger partial charge in [-0.3, -0.25) is 9.59 Å². The molecule has 1 fully saturated rings. The van der Waals surface area contributed by atoms with Crippen molar-refractivity contribution in [2.45, 2.75) is 63.7 Å². The van der Waals surface area contributed by atoms with Gasteiger partial charge in [-0.25, -0.2) is 0 Å². The summed E-state index contributed by atoms with van der Waals surface area (Å²) in [5.41, 5.74) is 1.82. The predicted octanol–water partition coefficient (Wildman–Crippen LogP) is 2.76. The molecule has 2 heterocycles. The molecule has 0 spiro atoms. The normalized spacial score (nSPS) is 23.7. The van der Waals surface area contributed by atoms with Gasteiger partial charge in [0.15, 0.2) is 0 Å². The number of hydrogen-bond donors (Lipinski definition) is 2. The Balaban J connectivity index is 1.45. The van der Waals surface area contributed by atoms with Gasteiger partial charge in [0.25, 0.3) is 11.5 Å². The van der Waals surface area contributed by atoms with Crippen LogP contribution in [-0.2, 0) is 6.42 Å². The fraction of sp³-hybridized carbons (Fsp3) is 0.478. The number of aromatic nitrogens is 1. The zero-order valence-corrected chi connectivity index (χ0v) is 16.8. The molecule has 29 heavy (non-hydrogen) atoms. The van der Waals surface area contributed by atoms with Gasteiger partial charge in [-0.1, -0.05) is 18.2 Å². The van der Waals surface area contributed by atoms with Crippen LogP contribution < -0.4 is 15.6 Å². The quantitative estimate of drug-likeness (QED) is 0.833. The number of pyridine rings is 1. The highest BCUT2D eigenvalue weighted by Crippen LogP contribution is 2.28. The molecule has 1 atom stereocenters. The van der Waals surface area contributed by atoms with Gasteiger partial charge in [0.05, 0.1) is 12.6 Å². The largest absolute Gasteiger partial charge is 0.488 e. The lowest BCUT2D eigenvalue weighted by atomic mass is 9.92. The van der Waals surface area contributed by atoms with E-state index in [1.54, 1.807) is 17.7 Å². The Morgan fingerprint density at radius 1 is 1.17 bits per heavy atom. The number of amides is 1. The van der Waals surface area contributed by atoms with E-state index in [9.17, 15) is 14.7 Å². The van der Waals surface area contributed by atoms with E-state index in [4.69, 9.17) is 4.74 Å². The van der Waals surface area contributed by atoms with Crippen molar-refractivity contribution >= 4 is 5.91 Å². The van der Waals surface area contributed by atoms with Gasteiger partial charge in [-0.15, -0.1) is 0 Å². The molecular formula is C23H28N2O4. The van der Waals surface area contributed by atoms with Crippen LogP contribution in [-0.4, -0.2) is 34.3 Å². The van der Waals surface area contributed by atoms with Crippen LogP contribution >= 0.6 is 0 Å². The Morgan fingerprint density at radius 2 is 1.93 bits per heavy atom. The number of carbonyl (C=O) groups is 1. The fourth-order valence-electron chi connectivity index (χ4n) is 4.36. The molecule has 0 unspecified atom stereocenters. The number of fused-ring (bicyclic) bond motifs is 1. The maximum atomic E-state index is 13.0. The maximum Gasteiger partial charge on any atom is 0.263 e. The van der Waals surface area contributed by atoms with E-state index < -0.39 is 0 Å². The molecule has 1 aromatic carbocycles. The van der Waals surface area contributed by atoms with Crippen molar-refractivity contribution in [1.29, 1.82) is 0 Å². The van der Waals surface area contributed by atoms with Gasteiger partial charge >= 0.3 is 0 Å². The van der Waals surface area contributed by atoms with Crippen molar-refractivity contribution < 1.29 is 14.6 Å². The third-order valence-corrected chi connectivity index (χ3v) is 6.11. The first-order valence-electron chi connectivity index (χ1n) is 10.5. The van der Waals surface area contributed by atoms with E-state index in [2.05, 4.69) is 11.4 Å². The Hall–Kier alpha value is -2.60. The molecule has 0 bridgehead atoms. The molecule has 1 amide bonds. The molecule has 2 N–H and O–H groups in total. The number of nitrogens with one attached hydrogen (secondary N) is 1. The summed E-state index contributed by atoms with van der Waals surface area (Å²) in [6.45, 7) is 2.16. The lowest BCUT2D eigenvalue weighted by Crippen LogP contribution is -2.41. The molecule has 1 aromatic heterocycles. The van der Waals surface area contributed by atoms with E-state index in [1.807, 2.05) is 24.3 Å². The number of carbonyl (C=O) groups excluding carboxylic acids is 1. The van der Waals surface area contributed by atoms with Crippen molar-refractivity contribution in [3.63, 3.8) is 0 Å². The van der Waals surface area contributed by atoms with Crippen molar-refractivity contribution in [3.8, 4) is 5.75 Å². The highest BCUT2D eigenvalue weighted by atomic mass is 16.5. The number of nitrogens with zero attached hydrogens (tertiary/aromatic N) is 1. The highest BCUT2D eigenvalue weighted by Gasteiger charge is 2.25. The van der Waals surface area contributed by atoms with E-state index in [0.717, 1.165) is 31.4 Å². The summed E-state index contributed by atoms with van der Waals surface area (Å²) in [4.78, 5) is 25.9. The number of aliphatic hydroxyl groups excluding tert-OH is 1. The maximum absolute atomic E-state index is 13.0. The van der Waals surface area contributed by atoms with Crippen molar-refractivity contribution in [3.05, 3.63) is 63.6 Å². The minimum absolute atomic E-state index is 0.0382. The number of rotatable bonds is 4. The SMILES string of the molecule is Cc1ccn(C2CCC(O)CC2)c(=O)c1C(=O)NC[C@H]1CCc2ccccc2O1. The molecule has 1 saturated carbocycles. The first-order valence-corrected chi connectivity index (χ1v) is 10.5. The molecule has 2 aliphatic rings. The van der Waals surface area contributed by atoms with Crippen molar-refractivity contribution in [2.24, 2.45) is 0 Å². The van der Waals surface area contributed by atoms with Crippen LogP contribution in [0, 0.1) is 6.92 Å². The molecule has 1 aliphatic carbocycles. The summed E-state index contributed by atoms with van der Waals surface area (Å²) in [6.07, 6.45) is 6.02. The Labute approximate surface area is 170 Å². The first kappa shape index (κ1) is 19.7. The lowest BCUT2D eigenvalue weighted by molar-refractivity contribution is 0.0912. The molecule has 4 rings (SSSR count). The van der Waals surface area contributed by atoms with Crippen molar-refractivity contribution in [2.75, 3.05) is 6.54 Å². The third-order valence-electron chi connectivity index (χ3n) is 6.11. The Morgan fingerprint density at radius 3 is 2.72 bits per heavy atom. The molecule has 1 aliphatic heterocycles. The van der Waals surface area contributed by atoms with Gasteiger partial charge in [-0.2, -0.15) is 0 Å². The fourth-order valence-corrected chi connectivity index (χ4v) is 4.36. The standard InChI is InChI=1S/C23H28N2O4/c1-15-12-13-25(17-7-9-18(26)10-8-17)23(28)21(15)22(27)24-14-19-11-6-16-4-2-3-5-20(16)29-19/h2-5,12-13,17-19,26H,6-11,14H2,1H3,(H,24,27)/t17?,18?,19-/m1/s1. The number of aryl methyl sites for hydroxylation is 2. The van der Waals surface area contributed by atoms with Gasteiger partial charge < -0.3 is 19.7 Å². The number of ether oxygens (including phenoxy) is 1. The highest BCUT2D eigenvalue weighted by molar-refractivity contribution is 5.95. The topological polar surface area (TPSA) is 80.6 Å². The molecular weight excluding hydrogens is 368 g/mol. The van der Waals surface area contributed by atoms with Crippen LogP contribution in [0.3, 0.4) is 0 Å². The smallest absolute Gasteiger partial charge is 0.263 e. The molecule has 0 saturated heterocycles. The Bertz CT molecular complexity index is 944. The predicted molar refractivity (Wildman–Crippen MR) is 110 cm³/mol. The minimum atomic E-state index is -0.347. The second-order valence-corrected chi connectivity index (χ2v) is 8.14. The number of aliphatic hydroxyl groups is 1. The lowest BCUT2D eigenvalue weighted by Gasteiger charge is -2.28. The number of para-hydroxylation sites is 1. The van der Waals surface area contributed by atoms with Crippen LogP contribution in [0.25, 0.3) is 0 Å². The first-order chi connectivity index (χ1) is 14.0. The molecule has 154 valence electrons. The van der Waals surface area contributed by atoms with Crippen LogP contribution in [0.2, 0.25) is 0 Å². The van der Waals surface area contributed by atoms with Crippen LogP contribution in [0.15, 0.2) is 41.3 Å². The second kappa shape index (κ2) is 8.41. The second-order valence-electron chi connectivity index (χ2n) is 8.14. The summed E-state index contributed by atoms with van der Waals surface area (Å²) in [7, 11) is 0. The van der Waals surface area contributed by atoms with E-state index in [0.29, 0.717) is 24.9 Å². The average molecular weight is 396 g/mol. The van der Waals surface area contributed by atoms with Gasteiger partial charge in [-0.05, 0) is 68.7 Å². The summed E-state index contributed by atoms with van der Waals surface area (Å²) >= 11 is 0. The van der Waals surface area contributed by atoms with E-state index >= 15 is 0 Å². The molecule has 0 radical (unpaired) electrons. The summed E-state index contributed by atoms with van der Waals surface area (Å²) in [6, 6.07) is 9.82. The Kier molecular flexibility index (Phi) is 5.72. The number of hydrogen-bond acceptors (Lipinski definition) is 4. The van der Waals surface area contributed by atoms with Gasteiger partial charge in [0, 0.05) is 12.2 Å². The third kappa shape index (κ3) is 4.22. The minimum Gasteiger partial charge on any atom is -0.488 e. The van der Waals surface area contributed by atoms with Crippen molar-refractivity contribution in [1.82, 2.24) is 9.88 Å². The zero-order valence-electron chi connectivity index (χ0n) is 16.8. The van der Waals surface area contributed by atoms with Gasteiger partial charge in [0.1, 0.15) is 17.4 Å². The van der Waals surface area contributed by atoms with Crippen LogP contribution in [0.4, 0.5) is 0 Å². The number of benzene rings is 1. The zero-order chi connectivity index (χ0) is 20.4. The summed E-state index contributed by atoms with van der Waals surface area (Å²) in [5, 5.41) is 12.6. The van der Waals surface area contributed by atoms with Gasteiger partial charge in [0.2, 0.25) is 0 Å². The summed E-state index contributed by atoms with van der Waals surface area (Å²) in [5.74, 6) is 0.524. The monoisotopic (exact) mass is 396 g/mol. The van der Waals surface area contributed by atoms with E-state index in [-0.39, 0.29) is 35.3 Å². The molecule has 2 aromatic rings. The van der Waals surface area contributed by atoms with E-state index in [1.165, 1.54) is 5.56 Å². The summed E-state index contributed by atoms with van der Waals surface area (Å²) < 4.78 is 7.65. The molecule has 6 nitrogen and oxygen atoms in total. The molecule has 6 heteroatoms. The van der Waals surface area contributed by atoms with Crippen LogP contribution in [0.5, 0.6) is 5.75 Å². The average Bonchev–Trinajstić information content (AvgIpc) is 2.73. The van der Waals surface area contributed by atoms with Crippen LogP contribution in [0.1, 0.15) is 59.6 Å².